The van der Waals surface area contributed by atoms with Crippen molar-refractivity contribution in [1.82, 2.24) is 0 Å². The average Bonchev–Trinajstić information content (AvgIpc) is 2.49. The second-order valence-electron chi connectivity index (χ2n) is 6.08. The maximum absolute atomic E-state index is 12.9. The standard InChI is InChI=1S/C18H22ClNO3S/c1-11(2)15-10-18(13(4)8-17(15)23-5)24(21,22)20-16-9-14(19)7-6-12(16)3/h6-11,20H,1-5H3. The molecule has 0 aliphatic carbocycles. The Morgan fingerprint density at radius 3 is 2.33 bits per heavy atom. The number of methoxy groups -OCH3 is 1. The zero-order valence-corrected chi connectivity index (χ0v) is 16.0. The third kappa shape index (κ3) is 3.84. The summed E-state index contributed by atoms with van der Waals surface area (Å²) < 4.78 is 33.7. The molecule has 0 radical (unpaired) electrons. The van der Waals surface area contributed by atoms with Gasteiger partial charge in [0.25, 0.3) is 10.0 Å². The van der Waals surface area contributed by atoms with E-state index in [4.69, 9.17) is 16.3 Å². The Labute approximate surface area is 148 Å². The van der Waals surface area contributed by atoms with Gasteiger partial charge in [0.2, 0.25) is 0 Å². The fourth-order valence-electron chi connectivity index (χ4n) is 2.50. The summed E-state index contributed by atoms with van der Waals surface area (Å²) in [4.78, 5) is 0.242. The summed E-state index contributed by atoms with van der Waals surface area (Å²) in [5.41, 5.74) is 2.76. The van der Waals surface area contributed by atoms with Crippen molar-refractivity contribution >= 4 is 27.3 Å². The van der Waals surface area contributed by atoms with Gasteiger partial charge in [-0.1, -0.05) is 31.5 Å². The fourth-order valence-corrected chi connectivity index (χ4v) is 4.06. The summed E-state index contributed by atoms with van der Waals surface area (Å²) in [5.74, 6) is 0.836. The molecule has 0 aliphatic rings. The maximum atomic E-state index is 12.9. The minimum atomic E-state index is -3.73. The average molecular weight is 368 g/mol. The molecule has 1 N–H and O–H groups in total. The van der Waals surface area contributed by atoms with Crippen LogP contribution in [0.5, 0.6) is 5.75 Å². The molecule has 2 aromatic rings. The molecule has 0 unspecified atom stereocenters. The predicted octanol–water partition coefficient (Wildman–Crippen LogP) is 4.89. The van der Waals surface area contributed by atoms with Gasteiger partial charge in [0, 0.05) is 5.02 Å². The van der Waals surface area contributed by atoms with Crippen LogP contribution in [0.2, 0.25) is 5.02 Å². The van der Waals surface area contributed by atoms with Gasteiger partial charge in [-0.25, -0.2) is 8.42 Å². The van der Waals surface area contributed by atoms with Crippen molar-refractivity contribution in [2.45, 2.75) is 38.5 Å². The highest BCUT2D eigenvalue weighted by molar-refractivity contribution is 7.92. The monoisotopic (exact) mass is 367 g/mol. The van der Waals surface area contributed by atoms with Crippen LogP contribution in [-0.2, 0) is 10.0 Å². The summed E-state index contributed by atoms with van der Waals surface area (Å²) in [5, 5.41) is 0.479. The van der Waals surface area contributed by atoms with Gasteiger partial charge in [-0.05, 0) is 60.7 Å². The third-order valence-electron chi connectivity index (χ3n) is 3.88. The van der Waals surface area contributed by atoms with Gasteiger partial charge in [0.1, 0.15) is 5.75 Å². The van der Waals surface area contributed by atoms with Gasteiger partial charge in [0.15, 0.2) is 0 Å². The Balaban J connectivity index is 2.53. The Bertz CT molecular complexity index is 861. The van der Waals surface area contributed by atoms with Gasteiger partial charge in [0.05, 0.1) is 17.7 Å². The first-order valence-electron chi connectivity index (χ1n) is 7.63. The first kappa shape index (κ1) is 18.6. The third-order valence-corrected chi connectivity index (χ3v) is 5.63. The number of sulfonamides is 1. The Morgan fingerprint density at radius 2 is 1.75 bits per heavy atom. The van der Waals surface area contributed by atoms with Crippen LogP contribution in [0.4, 0.5) is 5.69 Å². The second-order valence-corrected chi connectivity index (χ2v) is 8.17. The highest BCUT2D eigenvalue weighted by Gasteiger charge is 2.21. The number of halogens is 1. The summed E-state index contributed by atoms with van der Waals surface area (Å²) in [6, 6.07) is 8.55. The summed E-state index contributed by atoms with van der Waals surface area (Å²) in [6.07, 6.45) is 0. The summed E-state index contributed by atoms with van der Waals surface area (Å²) in [7, 11) is -2.14. The number of nitrogens with one attached hydrogen (secondary N) is 1. The molecule has 0 amide bonds. The van der Waals surface area contributed by atoms with Crippen LogP contribution in [0, 0.1) is 13.8 Å². The number of benzene rings is 2. The van der Waals surface area contributed by atoms with Gasteiger partial charge < -0.3 is 4.74 Å². The minimum Gasteiger partial charge on any atom is -0.496 e. The van der Waals surface area contributed by atoms with Crippen LogP contribution in [0.15, 0.2) is 35.2 Å². The first-order valence-corrected chi connectivity index (χ1v) is 9.49. The highest BCUT2D eigenvalue weighted by atomic mass is 35.5. The SMILES string of the molecule is COc1cc(C)c(S(=O)(=O)Nc2cc(Cl)ccc2C)cc1C(C)C. The molecule has 0 bridgehead atoms. The molecule has 0 aromatic heterocycles. The number of rotatable bonds is 5. The number of hydrogen-bond donors (Lipinski definition) is 1. The van der Waals surface area contributed by atoms with Gasteiger partial charge in [-0.2, -0.15) is 0 Å². The number of aryl methyl sites for hydroxylation is 2. The van der Waals surface area contributed by atoms with E-state index in [9.17, 15) is 8.42 Å². The Morgan fingerprint density at radius 1 is 1.08 bits per heavy atom. The fraction of sp³-hybridized carbons (Fsp3) is 0.333. The van der Waals surface area contributed by atoms with E-state index in [0.29, 0.717) is 22.0 Å². The van der Waals surface area contributed by atoms with E-state index in [0.717, 1.165) is 11.1 Å². The highest BCUT2D eigenvalue weighted by Crippen LogP contribution is 2.32. The molecule has 6 heteroatoms. The van der Waals surface area contributed by atoms with Gasteiger partial charge >= 0.3 is 0 Å². The zero-order chi connectivity index (χ0) is 18.1. The minimum absolute atomic E-state index is 0.141. The van der Waals surface area contributed by atoms with Crippen LogP contribution < -0.4 is 9.46 Å². The molecule has 0 aliphatic heterocycles. The lowest BCUT2D eigenvalue weighted by Gasteiger charge is -2.17. The van der Waals surface area contributed by atoms with Gasteiger partial charge in [-0.3, -0.25) is 4.72 Å². The molecule has 0 spiro atoms. The van der Waals surface area contributed by atoms with Crippen LogP contribution >= 0.6 is 11.6 Å². The van der Waals surface area contributed by atoms with Crippen LogP contribution in [-0.4, -0.2) is 15.5 Å². The molecule has 0 atom stereocenters. The van der Waals surface area contributed by atoms with E-state index in [1.165, 1.54) is 0 Å². The molecule has 2 aromatic carbocycles. The van der Waals surface area contributed by atoms with Crippen LogP contribution in [0.3, 0.4) is 0 Å². The van der Waals surface area contributed by atoms with Crippen molar-refractivity contribution in [2.24, 2.45) is 0 Å². The molecule has 24 heavy (non-hydrogen) atoms. The lowest BCUT2D eigenvalue weighted by molar-refractivity contribution is 0.406. The topological polar surface area (TPSA) is 55.4 Å². The van der Waals surface area contributed by atoms with E-state index in [1.54, 1.807) is 44.4 Å². The molecule has 0 saturated carbocycles. The van der Waals surface area contributed by atoms with Crippen molar-refractivity contribution in [3.63, 3.8) is 0 Å². The number of ether oxygens (including phenoxy) is 1. The summed E-state index contributed by atoms with van der Waals surface area (Å²) in [6.45, 7) is 7.58. The van der Waals surface area contributed by atoms with Crippen molar-refractivity contribution in [3.8, 4) is 5.75 Å². The molecule has 0 heterocycles. The van der Waals surface area contributed by atoms with E-state index in [2.05, 4.69) is 4.72 Å². The largest absolute Gasteiger partial charge is 0.496 e. The van der Waals surface area contributed by atoms with Crippen molar-refractivity contribution in [1.29, 1.82) is 0 Å². The van der Waals surface area contributed by atoms with E-state index in [1.807, 2.05) is 20.8 Å². The molecule has 0 fully saturated rings. The molecule has 2 rings (SSSR count). The lowest BCUT2D eigenvalue weighted by atomic mass is 10.0. The van der Waals surface area contributed by atoms with Crippen molar-refractivity contribution in [3.05, 3.63) is 52.0 Å². The summed E-state index contributed by atoms with van der Waals surface area (Å²) >= 11 is 5.98. The van der Waals surface area contributed by atoms with Crippen molar-refractivity contribution in [2.75, 3.05) is 11.8 Å². The van der Waals surface area contributed by atoms with Crippen LogP contribution in [0.1, 0.15) is 36.5 Å². The van der Waals surface area contributed by atoms with Crippen molar-refractivity contribution < 1.29 is 13.2 Å². The first-order chi connectivity index (χ1) is 11.2. The zero-order valence-electron chi connectivity index (χ0n) is 14.5. The quantitative estimate of drug-likeness (QED) is 0.818. The molecular formula is C18H22ClNO3S. The van der Waals surface area contributed by atoms with E-state index < -0.39 is 10.0 Å². The predicted molar refractivity (Wildman–Crippen MR) is 98.8 cm³/mol. The lowest BCUT2D eigenvalue weighted by Crippen LogP contribution is -2.16. The van der Waals surface area contributed by atoms with Crippen LogP contribution in [0.25, 0.3) is 0 Å². The number of hydrogen-bond acceptors (Lipinski definition) is 3. The van der Waals surface area contributed by atoms with Gasteiger partial charge in [-0.15, -0.1) is 0 Å². The van der Waals surface area contributed by atoms with E-state index in [-0.39, 0.29) is 10.8 Å². The molecular weight excluding hydrogens is 346 g/mol. The molecule has 0 saturated heterocycles. The maximum Gasteiger partial charge on any atom is 0.262 e. The molecule has 4 nitrogen and oxygen atoms in total. The Kier molecular flexibility index (Phi) is 5.45. The normalized spacial score (nSPS) is 11.6. The van der Waals surface area contributed by atoms with E-state index >= 15 is 0 Å². The number of anilines is 1. The smallest absolute Gasteiger partial charge is 0.262 e. The molecule has 130 valence electrons. The Hall–Kier alpha value is -1.72. The second kappa shape index (κ2) is 7.03.